The zero-order chi connectivity index (χ0) is 42.0. The molecular weight excluding hydrogens is 825 g/mol. The van der Waals surface area contributed by atoms with Crippen LogP contribution in [0.25, 0.3) is 0 Å². The summed E-state index contributed by atoms with van der Waals surface area (Å²) in [6.07, 6.45) is 6.41. The molecule has 8 aromatic carbocycles. The van der Waals surface area contributed by atoms with Gasteiger partial charge in [-0.05, 0) is 100 Å². The predicted octanol–water partition coefficient (Wildman–Crippen LogP) is 10.7. The van der Waals surface area contributed by atoms with Crippen molar-refractivity contribution < 1.29 is 0 Å². The van der Waals surface area contributed by atoms with Crippen molar-refractivity contribution >= 4 is 74.1 Å². The smallest absolute Gasteiger partial charge is 0.0269 e. The van der Waals surface area contributed by atoms with Gasteiger partial charge >= 0.3 is 0 Å². The van der Waals surface area contributed by atoms with Crippen molar-refractivity contribution in [3.05, 3.63) is 243 Å². The molecule has 6 heteroatoms. The molecule has 0 N–H and O–H groups in total. The van der Waals surface area contributed by atoms with Gasteiger partial charge in [0, 0.05) is 25.1 Å². The van der Waals surface area contributed by atoms with Crippen molar-refractivity contribution in [2.75, 3.05) is 38.2 Å². The van der Waals surface area contributed by atoms with Crippen molar-refractivity contribution in [3.63, 3.8) is 0 Å². The fraction of sp³-hybridized carbons (Fsp3) is 0.143. The lowest BCUT2D eigenvalue weighted by molar-refractivity contribution is 0.324. The van der Waals surface area contributed by atoms with Gasteiger partial charge in [0.2, 0.25) is 0 Å². The van der Waals surface area contributed by atoms with Crippen LogP contribution in [-0.4, -0.2) is 48.0 Å². The minimum atomic E-state index is -0.587. The van der Waals surface area contributed by atoms with Crippen LogP contribution in [0.4, 0.5) is 0 Å². The zero-order valence-corrected chi connectivity index (χ0v) is 39.0. The summed E-state index contributed by atoms with van der Waals surface area (Å²) in [7, 11) is -2.35. The molecule has 62 heavy (non-hydrogen) atoms. The molecule has 0 aliphatic carbocycles. The van der Waals surface area contributed by atoms with E-state index in [1.165, 1.54) is 42.4 Å². The van der Waals surface area contributed by atoms with E-state index in [4.69, 9.17) is 0 Å². The van der Waals surface area contributed by atoms with Gasteiger partial charge in [-0.15, -0.1) is 0 Å². The highest BCUT2D eigenvalue weighted by molar-refractivity contribution is 7.74. The first-order valence-electron chi connectivity index (χ1n) is 21.7. The molecule has 0 fully saturated rings. The normalized spacial score (nSPS) is 11.6. The molecule has 8 aromatic rings. The largest absolute Gasteiger partial charge is 0.294 e. The molecule has 0 aromatic heterocycles. The Morgan fingerprint density at radius 1 is 0.210 bits per heavy atom. The topological polar surface area (TPSA) is 6.48 Å². The van der Waals surface area contributed by atoms with E-state index in [0.717, 1.165) is 51.1 Å². The van der Waals surface area contributed by atoms with E-state index in [0.29, 0.717) is 0 Å². The molecule has 0 aliphatic rings. The monoisotopic (exact) mass is 880 g/mol. The van der Waals surface area contributed by atoms with Crippen LogP contribution < -0.4 is 42.4 Å². The second-order valence-corrected chi connectivity index (χ2v) is 24.1. The molecule has 310 valence electrons. The van der Waals surface area contributed by atoms with Crippen LogP contribution in [0.5, 0.6) is 0 Å². The SMILES string of the molecule is c1ccc(P(CN(CCCCN(CP(c2ccccc2)c2ccccc2)CP(c2ccccc2)c2ccccc2)CP(c2ccccc2)c2ccccc2)c2ccccc2)cc1. The lowest BCUT2D eigenvalue weighted by Crippen LogP contribution is -2.34. The molecule has 0 unspecified atom stereocenters. The Morgan fingerprint density at radius 2 is 0.355 bits per heavy atom. The van der Waals surface area contributed by atoms with Crippen LogP contribution in [0.2, 0.25) is 0 Å². The average Bonchev–Trinajstić information content (AvgIpc) is 3.36. The molecule has 0 aliphatic heterocycles. The van der Waals surface area contributed by atoms with Gasteiger partial charge in [-0.1, -0.05) is 243 Å². The maximum atomic E-state index is 2.84. The third kappa shape index (κ3) is 12.5. The van der Waals surface area contributed by atoms with E-state index < -0.39 is 31.7 Å². The molecule has 0 radical (unpaired) electrons. The first-order valence-corrected chi connectivity index (χ1v) is 27.8. The minimum Gasteiger partial charge on any atom is -0.294 e. The quantitative estimate of drug-likeness (QED) is 0.0524. The van der Waals surface area contributed by atoms with E-state index >= 15 is 0 Å². The number of rotatable bonds is 21. The van der Waals surface area contributed by atoms with Crippen molar-refractivity contribution in [2.45, 2.75) is 12.8 Å². The van der Waals surface area contributed by atoms with Gasteiger partial charge in [0.05, 0.1) is 0 Å². The predicted molar refractivity (Wildman–Crippen MR) is 278 cm³/mol. The summed E-state index contributed by atoms with van der Waals surface area (Å²) >= 11 is 0. The summed E-state index contributed by atoms with van der Waals surface area (Å²) in [4.78, 5) is 5.67. The summed E-state index contributed by atoms with van der Waals surface area (Å²) in [5, 5.41) is 11.5. The van der Waals surface area contributed by atoms with E-state index in [9.17, 15) is 0 Å². The second-order valence-electron chi connectivity index (χ2n) is 15.5. The van der Waals surface area contributed by atoms with Crippen LogP contribution in [0.1, 0.15) is 12.8 Å². The van der Waals surface area contributed by atoms with Crippen molar-refractivity contribution in [3.8, 4) is 0 Å². The molecular formula is C56H56N2P4. The molecule has 2 nitrogen and oxygen atoms in total. The molecule has 0 atom stereocenters. The highest BCUT2D eigenvalue weighted by Gasteiger charge is 2.25. The lowest BCUT2D eigenvalue weighted by Gasteiger charge is -2.34. The summed E-state index contributed by atoms with van der Waals surface area (Å²) in [5.41, 5.74) is 0. The fourth-order valence-corrected chi connectivity index (χ4v) is 17.6. The van der Waals surface area contributed by atoms with Crippen LogP contribution in [0, 0.1) is 0 Å². The first kappa shape index (κ1) is 44.0. The van der Waals surface area contributed by atoms with E-state index in [1.807, 2.05) is 0 Å². The number of nitrogens with zero attached hydrogens (tertiary/aromatic N) is 2. The minimum absolute atomic E-state index is 0.587. The maximum absolute atomic E-state index is 2.84. The molecule has 0 bridgehead atoms. The Balaban J connectivity index is 1.09. The van der Waals surface area contributed by atoms with Gasteiger partial charge in [-0.25, -0.2) is 0 Å². The molecule has 0 heterocycles. The van der Waals surface area contributed by atoms with Gasteiger partial charge < -0.3 is 0 Å². The highest BCUT2D eigenvalue weighted by Crippen LogP contribution is 2.41. The zero-order valence-electron chi connectivity index (χ0n) is 35.4. The lowest BCUT2D eigenvalue weighted by atomic mass is 10.3. The third-order valence-electron chi connectivity index (χ3n) is 11.1. The number of hydrogen-bond donors (Lipinski definition) is 0. The average molecular weight is 881 g/mol. The Bertz CT molecular complexity index is 1930. The Hall–Kier alpha value is -4.60. The van der Waals surface area contributed by atoms with Crippen molar-refractivity contribution in [2.24, 2.45) is 0 Å². The Morgan fingerprint density at radius 3 is 0.500 bits per heavy atom. The first-order chi connectivity index (χ1) is 30.8. The Labute approximate surface area is 375 Å². The van der Waals surface area contributed by atoms with Gasteiger partial charge in [-0.3, -0.25) is 9.80 Å². The van der Waals surface area contributed by atoms with E-state index in [-0.39, 0.29) is 0 Å². The van der Waals surface area contributed by atoms with Crippen molar-refractivity contribution in [1.82, 2.24) is 9.80 Å². The van der Waals surface area contributed by atoms with Crippen LogP contribution in [-0.2, 0) is 0 Å². The molecule has 8 rings (SSSR count). The fourth-order valence-electron chi connectivity index (χ4n) is 7.96. The molecule has 0 saturated carbocycles. The standard InChI is InChI=1S/C56H56N2P4/c1-9-27-49(28-10-1)59(50-29-11-2-12-30-50)45-57(46-60(51-31-13-3-14-32-51)52-33-15-4-16-34-52)43-25-26-44-58(47-61(53-35-17-5-18-36-53)54-37-19-6-20-38-54)48-62(55-39-21-7-22-40-55)56-41-23-8-24-42-56/h1-24,27-42H,25-26,43-48H2. The number of unbranched alkanes of at least 4 members (excludes halogenated alkanes) is 1. The molecule has 0 amide bonds. The van der Waals surface area contributed by atoms with Gasteiger partial charge in [0.15, 0.2) is 0 Å². The molecule has 0 saturated heterocycles. The summed E-state index contributed by atoms with van der Waals surface area (Å²) in [5.74, 6) is 0. The summed E-state index contributed by atoms with van der Waals surface area (Å²) in [6, 6.07) is 90.2. The van der Waals surface area contributed by atoms with Gasteiger partial charge in [0.1, 0.15) is 0 Å². The highest BCUT2D eigenvalue weighted by atomic mass is 31.1. The summed E-state index contributed by atoms with van der Waals surface area (Å²) < 4.78 is 0. The second kappa shape index (κ2) is 23.7. The van der Waals surface area contributed by atoms with E-state index in [1.54, 1.807) is 0 Å². The van der Waals surface area contributed by atoms with Gasteiger partial charge in [0.25, 0.3) is 0 Å². The number of hydrogen-bond acceptors (Lipinski definition) is 2. The maximum Gasteiger partial charge on any atom is 0.0269 e. The van der Waals surface area contributed by atoms with E-state index in [2.05, 4.69) is 252 Å². The summed E-state index contributed by atoms with van der Waals surface area (Å²) in [6.45, 7) is 2.12. The third-order valence-corrected chi connectivity index (χ3v) is 21.2. The van der Waals surface area contributed by atoms with Crippen molar-refractivity contribution in [1.29, 1.82) is 0 Å². The number of benzene rings is 8. The van der Waals surface area contributed by atoms with Crippen LogP contribution >= 0.6 is 31.7 Å². The van der Waals surface area contributed by atoms with Gasteiger partial charge in [-0.2, -0.15) is 0 Å². The molecule has 0 spiro atoms. The van der Waals surface area contributed by atoms with Crippen LogP contribution in [0.15, 0.2) is 243 Å². The van der Waals surface area contributed by atoms with Crippen LogP contribution in [0.3, 0.4) is 0 Å². The Kier molecular flexibility index (Phi) is 16.9.